The van der Waals surface area contributed by atoms with E-state index < -0.39 is 0 Å². The zero-order valence-electron chi connectivity index (χ0n) is 35.5. The fraction of sp³-hybridized carbons (Fsp3) is 0.0492. The lowest BCUT2D eigenvalue weighted by atomic mass is 9.82. The van der Waals surface area contributed by atoms with E-state index in [1.54, 1.807) is 0 Å². The first kappa shape index (κ1) is 36.5. The van der Waals surface area contributed by atoms with Crippen molar-refractivity contribution in [1.29, 1.82) is 0 Å². The molecular weight excluding hydrogens is 779 g/mol. The smallest absolute Gasteiger partial charge is 0.143 e. The van der Waals surface area contributed by atoms with Crippen molar-refractivity contribution < 1.29 is 9.15 Å². The lowest BCUT2D eigenvalue weighted by Crippen LogP contribution is -2.17. The molecule has 3 nitrogen and oxygen atoms in total. The number of fused-ring (bicyclic) bond motifs is 12. The van der Waals surface area contributed by atoms with Crippen LogP contribution in [0.15, 0.2) is 217 Å². The van der Waals surface area contributed by atoms with Crippen LogP contribution in [0, 0.1) is 0 Å². The maximum Gasteiger partial charge on any atom is 0.143 e. The Morgan fingerprint density at radius 3 is 1.81 bits per heavy atom. The SMILES string of the molecule is CC1(C)c2ccccc2-c2ccc(N(c3ccc(-c4cccc5c4oc4ccccc45)cc3)c3cccc4c3-c3cc5ccccc5cc3-c3c(cccc3-c3ccccc3)O4)cc21. The summed E-state index contributed by atoms with van der Waals surface area (Å²) in [5, 5.41) is 4.61. The number of para-hydroxylation sites is 2. The van der Waals surface area contributed by atoms with Gasteiger partial charge in [0.15, 0.2) is 0 Å². The van der Waals surface area contributed by atoms with Crippen LogP contribution in [0.4, 0.5) is 17.1 Å². The molecule has 64 heavy (non-hydrogen) atoms. The Bertz CT molecular complexity index is 3670. The van der Waals surface area contributed by atoms with Crippen molar-refractivity contribution in [3.8, 4) is 67.1 Å². The van der Waals surface area contributed by atoms with Gasteiger partial charge in [-0.15, -0.1) is 0 Å². The highest BCUT2D eigenvalue weighted by Crippen LogP contribution is 2.56. The molecule has 0 amide bonds. The van der Waals surface area contributed by atoms with Crippen LogP contribution >= 0.6 is 0 Å². The van der Waals surface area contributed by atoms with Gasteiger partial charge in [-0.2, -0.15) is 0 Å². The van der Waals surface area contributed by atoms with Crippen LogP contribution in [0.2, 0.25) is 0 Å². The van der Waals surface area contributed by atoms with Gasteiger partial charge in [0.1, 0.15) is 22.7 Å². The molecular formula is C61H41NO2. The molecule has 0 radical (unpaired) electrons. The van der Waals surface area contributed by atoms with E-state index in [9.17, 15) is 0 Å². The van der Waals surface area contributed by atoms with Gasteiger partial charge in [0.05, 0.1) is 5.69 Å². The number of hydrogen-bond acceptors (Lipinski definition) is 3. The number of hydrogen-bond donors (Lipinski definition) is 0. The molecule has 0 fully saturated rings. The average molecular weight is 820 g/mol. The number of nitrogens with zero attached hydrogens (tertiary/aromatic N) is 1. The molecule has 2 heterocycles. The van der Waals surface area contributed by atoms with Gasteiger partial charge in [0.2, 0.25) is 0 Å². The molecule has 0 unspecified atom stereocenters. The molecule has 0 spiro atoms. The highest BCUT2D eigenvalue weighted by atomic mass is 16.5. The predicted octanol–water partition coefficient (Wildman–Crippen LogP) is 17.3. The van der Waals surface area contributed by atoms with E-state index >= 15 is 0 Å². The topological polar surface area (TPSA) is 25.6 Å². The van der Waals surface area contributed by atoms with Gasteiger partial charge < -0.3 is 14.1 Å². The summed E-state index contributed by atoms with van der Waals surface area (Å²) in [6.07, 6.45) is 0. The molecule has 0 atom stereocenters. The van der Waals surface area contributed by atoms with Crippen LogP contribution in [0.5, 0.6) is 11.5 Å². The zero-order valence-corrected chi connectivity index (χ0v) is 35.5. The van der Waals surface area contributed by atoms with Crippen molar-refractivity contribution in [3.05, 3.63) is 223 Å². The predicted molar refractivity (Wildman–Crippen MR) is 265 cm³/mol. The van der Waals surface area contributed by atoms with Crippen molar-refractivity contribution in [2.45, 2.75) is 19.3 Å². The van der Waals surface area contributed by atoms with Crippen molar-refractivity contribution in [2.24, 2.45) is 0 Å². The summed E-state index contributed by atoms with van der Waals surface area (Å²) >= 11 is 0. The number of ether oxygens (including phenoxy) is 1. The van der Waals surface area contributed by atoms with E-state index in [0.717, 1.165) is 95.0 Å². The zero-order chi connectivity index (χ0) is 42.5. The summed E-state index contributed by atoms with van der Waals surface area (Å²) < 4.78 is 13.7. The number of rotatable bonds is 5. The van der Waals surface area contributed by atoms with E-state index in [0.29, 0.717) is 0 Å². The fourth-order valence-electron chi connectivity index (χ4n) is 10.6. The van der Waals surface area contributed by atoms with Crippen LogP contribution in [0.25, 0.3) is 88.3 Å². The Morgan fingerprint density at radius 2 is 0.984 bits per heavy atom. The van der Waals surface area contributed by atoms with Crippen LogP contribution in [0.1, 0.15) is 25.0 Å². The van der Waals surface area contributed by atoms with Crippen molar-refractivity contribution in [3.63, 3.8) is 0 Å². The summed E-state index contributed by atoms with van der Waals surface area (Å²) in [4.78, 5) is 2.43. The quantitative estimate of drug-likeness (QED) is 0.173. The van der Waals surface area contributed by atoms with Crippen LogP contribution in [-0.4, -0.2) is 0 Å². The highest BCUT2D eigenvalue weighted by molar-refractivity contribution is 6.10. The average Bonchev–Trinajstić information content (AvgIpc) is 3.78. The van der Waals surface area contributed by atoms with Gasteiger partial charge in [0, 0.05) is 44.3 Å². The lowest BCUT2D eigenvalue weighted by molar-refractivity contribution is 0.488. The Kier molecular flexibility index (Phi) is 7.95. The Labute approximate surface area is 372 Å². The molecule has 3 heteroatoms. The van der Waals surface area contributed by atoms with Gasteiger partial charge in [-0.05, 0) is 122 Å². The fourth-order valence-corrected chi connectivity index (χ4v) is 10.6. The number of anilines is 3. The van der Waals surface area contributed by atoms with Gasteiger partial charge in [-0.25, -0.2) is 0 Å². The van der Waals surface area contributed by atoms with Crippen molar-refractivity contribution >= 4 is 49.8 Å². The minimum Gasteiger partial charge on any atom is -0.456 e. The summed E-state index contributed by atoms with van der Waals surface area (Å²) in [6.45, 7) is 4.70. The van der Waals surface area contributed by atoms with E-state index in [2.05, 4.69) is 219 Å². The molecule has 302 valence electrons. The first-order valence-electron chi connectivity index (χ1n) is 22.1. The standard InChI is InChI=1S/C61H41NO2/c1-61(2)52-24-10-8-19-46(52)47-34-33-43(37-53(47)61)62(42-31-29-39(30-32-42)45-22-12-23-49-48-20-9-11-26-55(48)64-60(45)49)54-25-14-28-57-59(54)51-36-41-18-7-6-17-40(41)35-50(51)58-44(21-13-27-56(58)63-57)38-15-4-3-5-16-38/h3-37H,1-2H3. The normalized spacial score (nSPS) is 13.1. The third-order valence-corrected chi connectivity index (χ3v) is 13.7. The largest absolute Gasteiger partial charge is 0.456 e. The summed E-state index contributed by atoms with van der Waals surface area (Å²) in [5.74, 6) is 1.64. The van der Waals surface area contributed by atoms with Crippen LogP contribution in [0.3, 0.4) is 0 Å². The second-order valence-corrected chi connectivity index (χ2v) is 17.6. The van der Waals surface area contributed by atoms with Gasteiger partial charge >= 0.3 is 0 Å². The van der Waals surface area contributed by atoms with E-state index in [-0.39, 0.29) is 5.41 Å². The molecule has 10 aromatic carbocycles. The maximum absolute atomic E-state index is 7.19. The monoisotopic (exact) mass is 819 g/mol. The Morgan fingerprint density at radius 1 is 0.391 bits per heavy atom. The molecule has 2 aliphatic rings. The van der Waals surface area contributed by atoms with E-state index in [1.807, 2.05) is 12.1 Å². The van der Waals surface area contributed by atoms with Gasteiger partial charge in [0.25, 0.3) is 0 Å². The molecule has 11 aromatic rings. The first-order chi connectivity index (χ1) is 31.5. The minimum atomic E-state index is -0.180. The Hall–Kier alpha value is -8.14. The van der Waals surface area contributed by atoms with Crippen molar-refractivity contribution in [2.75, 3.05) is 4.90 Å². The van der Waals surface area contributed by atoms with Gasteiger partial charge in [-0.3, -0.25) is 0 Å². The molecule has 0 bridgehead atoms. The second-order valence-electron chi connectivity index (χ2n) is 17.6. The highest BCUT2D eigenvalue weighted by Gasteiger charge is 2.36. The van der Waals surface area contributed by atoms with Gasteiger partial charge in [-0.1, -0.05) is 166 Å². The van der Waals surface area contributed by atoms with Crippen LogP contribution < -0.4 is 9.64 Å². The third kappa shape index (κ3) is 5.47. The number of benzene rings is 10. The molecule has 0 N–H and O–H groups in total. The Balaban J connectivity index is 1.05. The van der Waals surface area contributed by atoms with E-state index in [1.165, 1.54) is 33.0 Å². The maximum atomic E-state index is 7.19. The van der Waals surface area contributed by atoms with Crippen LogP contribution in [-0.2, 0) is 5.41 Å². The summed E-state index contributed by atoms with van der Waals surface area (Å²) in [6, 6.07) is 76.6. The van der Waals surface area contributed by atoms with Crippen molar-refractivity contribution in [1.82, 2.24) is 0 Å². The second kappa shape index (κ2) is 13.9. The van der Waals surface area contributed by atoms with E-state index in [4.69, 9.17) is 9.15 Å². The first-order valence-corrected chi connectivity index (χ1v) is 22.1. The molecule has 0 saturated heterocycles. The molecule has 0 saturated carbocycles. The molecule has 13 rings (SSSR count). The lowest BCUT2D eigenvalue weighted by Gasteiger charge is -2.30. The molecule has 1 aromatic heterocycles. The molecule has 1 aliphatic carbocycles. The minimum absolute atomic E-state index is 0.180. The number of furan rings is 1. The summed E-state index contributed by atoms with van der Waals surface area (Å²) in [7, 11) is 0. The summed E-state index contributed by atoms with van der Waals surface area (Å²) in [5.41, 5.74) is 18.9. The molecule has 1 aliphatic heterocycles. The third-order valence-electron chi connectivity index (χ3n) is 13.7.